The first-order chi connectivity index (χ1) is 6.58. The topological polar surface area (TPSA) is 21.3 Å². The van der Waals surface area contributed by atoms with E-state index in [2.05, 4.69) is 5.32 Å². The van der Waals surface area contributed by atoms with Crippen LogP contribution in [0, 0.1) is 5.92 Å². The summed E-state index contributed by atoms with van der Waals surface area (Å²) in [5, 5.41) is 3.13. The minimum atomic E-state index is -4.04. The van der Waals surface area contributed by atoms with Gasteiger partial charge in [-0.3, -0.25) is 0 Å². The molecule has 84 valence electrons. The maximum Gasteiger partial charge on any atom is 0.389 e. The van der Waals surface area contributed by atoms with Crippen LogP contribution in [0.3, 0.4) is 0 Å². The first-order valence-corrected chi connectivity index (χ1v) is 4.93. The van der Waals surface area contributed by atoms with Gasteiger partial charge < -0.3 is 10.1 Å². The molecular formula is C9H16F3NO. The zero-order valence-electron chi connectivity index (χ0n) is 8.07. The lowest BCUT2D eigenvalue weighted by Crippen LogP contribution is -2.42. The fourth-order valence-corrected chi connectivity index (χ4v) is 1.28. The summed E-state index contributed by atoms with van der Waals surface area (Å²) in [5.41, 5.74) is 0. The van der Waals surface area contributed by atoms with Crippen LogP contribution < -0.4 is 5.32 Å². The van der Waals surface area contributed by atoms with Crippen LogP contribution in [-0.4, -0.2) is 32.5 Å². The van der Waals surface area contributed by atoms with Gasteiger partial charge in [-0.25, -0.2) is 0 Å². The molecule has 2 nitrogen and oxygen atoms in total. The van der Waals surface area contributed by atoms with Crippen LogP contribution in [0.1, 0.15) is 19.3 Å². The van der Waals surface area contributed by atoms with Crippen molar-refractivity contribution in [2.45, 2.75) is 25.4 Å². The SMILES string of the molecule is FC(F)(F)CCCOCCC1CNC1. The highest BCUT2D eigenvalue weighted by Crippen LogP contribution is 2.21. The Morgan fingerprint density at radius 3 is 2.43 bits per heavy atom. The third-order valence-electron chi connectivity index (χ3n) is 2.29. The molecule has 0 atom stereocenters. The van der Waals surface area contributed by atoms with E-state index < -0.39 is 12.6 Å². The first kappa shape index (κ1) is 11.8. The van der Waals surface area contributed by atoms with E-state index in [0.29, 0.717) is 12.5 Å². The van der Waals surface area contributed by atoms with Crippen molar-refractivity contribution in [3.05, 3.63) is 0 Å². The highest BCUT2D eigenvalue weighted by molar-refractivity contribution is 4.73. The molecule has 0 aromatic carbocycles. The fourth-order valence-electron chi connectivity index (χ4n) is 1.28. The second-order valence-corrected chi connectivity index (χ2v) is 3.64. The predicted molar refractivity (Wildman–Crippen MR) is 47.1 cm³/mol. The summed E-state index contributed by atoms with van der Waals surface area (Å²) in [4.78, 5) is 0. The Labute approximate surface area is 81.8 Å². The maximum atomic E-state index is 11.7. The summed E-state index contributed by atoms with van der Waals surface area (Å²) < 4.78 is 40.2. The average molecular weight is 211 g/mol. The smallest absolute Gasteiger partial charge is 0.381 e. The molecule has 0 aromatic rings. The standard InChI is InChI=1S/C9H16F3NO/c10-9(11,12)3-1-4-14-5-2-8-6-13-7-8/h8,13H,1-7H2. The van der Waals surface area contributed by atoms with Gasteiger partial charge in [-0.15, -0.1) is 0 Å². The summed E-state index contributed by atoms with van der Waals surface area (Å²) in [6.45, 7) is 2.85. The largest absolute Gasteiger partial charge is 0.389 e. The van der Waals surface area contributed by atoms with Gasteiger partial charge in [-0.2, -0.15) is 13.2 Å². The van der Waals surface area contributed by atoms with Crippen molar-refractivity contribution >= 4 is 0 Å². The molecule has 0 saturated carbocycles. The molecule has 1 N–H and O–H groups in total. The molecule has 14 heavy (non-hydrogen) atoms. The van der Waals surface area contributed by atoms with Crippen LogP contribution in [0.25, 0.3) is 0 Å². The third-order valence-corrected chi connectivity index (χ3v) is 2.29. The number of ether oxygens (including phenoxy) is 1. The van der Waals surface area contributed by atoms with E-state index in [1.165, 1.54) is 0 Å². The van der Waals surface area contributed by atoms with Crippen LogP contribution in [0.2, 0.25) is 0 Å². The van der Waals surface area contributed by atoms with Gasteiger partial charge in [0, 0.05) is 19.6 Å². The monoisotopic (exact) mass is 211 g/mol. The molecule has 5 heteroatoms. The number of alkyl halides is 3. The summed E-state index contributed by atoms with van der Waals surface area (Å²) >= 11 is 0. The quantitative estimate of drug-likeness (QED) is 0.678. The van der Waals surface area contributed by atoms with E-state index >= 15 is 0 Å². The summed E-state index contributed by atoms with van der Waals surface area (Å²) in [7, 11) is 0. The van der Waals surface area contributed by atoms with Gasteiger partial charge in [-0.1, -0.05) is 0 Å². The average Bonchev–Trinajstić information content (AvgIpc) is 1.97. The minimum absolute atomic E-state index is 0.0758. The number of nitrogens with one attached hydrogen (secondary N) is 1. The van der Waals surface area contributed by atoms with Crippen molar-refractivity contribution in [2.75, 3.05) is 26.3 Å². The highest BCUT2D eigenvalue weighted by Gasteiger charge is 2.25. The van der Waals surface area contributed by atoms with E-state index in [1.807, 2.05) is 0 Å². The lowest BCUT2D eigenvalue weighted by molar-refractivity contribution is -0.137. The molecule has 0 spiro atoms. The molecule has 1 aliphatic heterocycles. The molecule has 1 heterocycles. The van der Waals surface area contributed by atoms with Crippen LogP contribution in [-0.2, 0) is 4.74 Å². The second-order valence-electron chi connectivity index (χ2n) is 3.64. The fraction of sp³-hybridized carbons (Fsp3) is 1.00. The lowest BCUT2D eigenvalue weighted by Gasteiger charge is -2.26. The Morgan fingerprint density at radius 2 is 1.93 bits per heavy atom. The molecule has 0 aliphatic carbocycles. The van der Waals surface area contributed by atoms with Crippen molar-refractivity contribution in [3.8, 4) is 0 Å². The van der Waals surface area contributed by atoms with E-state index in [-0.39, 0.29) is 13.0 Å². The zero-order chi connectivity index (χ0) is 10.4. The highest BCUT2D eigenvalue weighted by atomic mass is 19.4. The van der Waals surface area contributed by atoms with E-state index in [9.17, 15) is 13.2 Å². The molecule has 0 unspecified atom stereocenters. The minimum Gasteiger partial charge on any atom is -0.381 e. The van der Waals surface area contributed by atoms with Crippen LogP contribution in [0.4, 0.5) is 13.2 Å². The third kappa shape index (κ3) is 5.44. The molecule has 0 amide bonds. The van der Waals surface area contributed by atoms with Gasteiger partial charge in [0.05, 0.1) is 0 Å². The van der Waals surface area contributed by atoms with Gasteiger partial charge in [-0.05, 0) is 31.8 Å². The van der Waals surface area contributed by atoms with Crippen molar-refractivity contribution in [3.63, 3.8) is 0 Å². The van der Waals surface area contributed by atoms with Crippen LogP contribution >= 0.6 is 0 Å². The van der Waals surface area contributed by atoms with E-state index in [1.54, 1.807) is 0 Å². The molecular weight excluding hydrogens is 195 g/mol. The van der Waals surface area contributed by atoms with Gasteiger partial charge in [0.15, 0.2) is 0 Å². The Kier molecular flexibility index (Phi) is 4.68. The second kappa shape index (κ2) is 5.56. The number of hydrogen-bond donors (Lipinski definition) is 1. The zero-order valence-corrected chi connectivity index (χ0v) is 8.07. The van der Waals surface area contributed by atoms with Gasteiger partial charge in [0.2, 0.25) is 0 Å². The molecule has 0 bridgehead atoms. The predicted octanol–water partition coefficient (Wildman–Crippen LogP) is 1.95. The molecule has 1 saturated heterocycles. The van der Waals surface area contributed by atoms with E-state index in [0.717, 1.165) is 19.5 Å². The lowest BCUT2D eigenvalue weighted by atomic mass is 10.0. The van der Waals surface area contributed by atoms with Crippen molar-refractivity contribution in [2.24, 2.45) is 5.92 Å². The van der Waals surface area contributed by atoms with Gasteiger partial charge in [0.1, 0.15) is 0 Å². The number of halogens is 3. The number of rotatable bonds is 6. The molecule has 1 rings (SSSR count). The van der Waals surface area contributed by atoms with Gasteiger partial charge in [0.25, 0.3) is 0 Å². The van der Waals surface area contributed by atoms with Crippen molar-refractivity contribution in [1.29, 1.82) is 0 Å². The Hall–Kier alpha value is -0.290. The molecule has 1 aliphatic rings. The first-order valence-electron chi connectivity index (χ1n) is 4.93. The molecule has 0 radical (unpaired) electrons. The Balaban J connectivity index is 1.80. The van der Waals surface area contributed by atoms with Crippen molar-refractivity contribution < 1.29 is 17.9 Å². The molecule has 0 aromatic heterocycles. The summed E-state index contributed by atoms with van der Waals surface area (Å²) in [6.07, 6.45) is -3.75. The number of hydrogen-bond acceptors (Lipinski definition) is 2. The maximum absolute atomic E-state index is 11.7. The van der Waals surface area contributed by atoms with E-state index in [4.69, 9.17) is 4.74 Å². The molecule has 1 fully saturated rings. The summed E-state index contributed by atoms with van der Waals surface area (Å²) in [6, 6.07) is 0. The summed E-state index contributed by atoms with van der Waals surface area (Å²) in [5.74, 6) is 0.664. The Bertz CT molecular complexity index is 157. The van der Waals surface area contributed by atoms with Gasteiger partial charge >= 0.3 is 6.18 Å². The normalized spacial score (nSPS) is 18.2. The Morgan fingerprint density at radius 1 is 1.21 bits per heavy atom. The van der Waals surface area contributed by atoms with Crippen LogP contribution in [0.5, 0.6) is 0 Å². The van der Waals surface area contributed by atoms with Crippen molar-refractivity contribution in [1.82, 2.24) is 5.32 Å². The van der Waals surface area contributed by atoms with Crippen LogP contribution in [0.15, 0.2) is 0 Å².